The summed E-state index contributed by atoms with van der Waals surface area (Å²) in [5.41, 5.74) is 0.230. The highest BCUT2D eigenvalue weighted by atomic mass is 19.1. The maximum absolute atomic E-state index is 13.1. The molecule has 18 heavy (non-hydrogen) atoms. The zero-order valence-corrected chi connectivity index (χ0v) is 9.26. The van der Waals surface area contributed by atoms with E-state index >= 15 is 0 Å². The number of nitrogens with zero attached hydrogens (tertiary/aromatic N) is 1. The first kappa shape index (κ1) is 11.8. The quantitative estimate of drug-likeness (QED) is 0.600. The van der Waals surface area contributed by atoms with Gasteiger partial charge in [-0.05, 0) is 24.3 Å². The summed E-state index contributed by atoms with van der Waals surface area (Å²) in [5.74, 6) is -1.05. The van der Waals surface area contributed by atoms with E-state index in [0.717, 1.165) is 6.07 Å². The van der Waals surface area contributed by atoms with Gasteiger partial charge in [-0.25, -0.2) is 9.18 Å². The van der Waals surface area contributed by atoms with Crippen LogP contribution in [0, 0.1) is 17.1 Å². The molecule has 2 aromatic carbocycles. The van der Waals surface area contributed by atoms with Crippen LogP contribution in [0.15, 0.2) is 48.5 Å². The number of hydrogen-bond donors (Lipinski definition) is 0. The standard InChI is InChI=1S/C14H8FNO2/c15-13-7-6-12(8-11(13)9-16)18-14(17)10-4-2-1-3-5-10/h1-8H. The van der Waals surface area contributed by atoms with Gasteiger partial charge in [-0.3, -0.25) is 0 Å². The molecular formula is C14H8FNO2. The lowest BCUT2D eigenvalue weighted by atomic mass is 10.2. The lowest BCUT2D eigenvalue weighted by Gasteiger charge is -2.04. The zero-order chi connectivity index (χ0) is 13.0. The molecule has 0 aliphatic carbocycles. The smallest absolute Gasteiger partial charge is 0.343 e. The molecule has 0 spiro atoms. The fourth-order valence-corrected chi connectivity index (χ4v) is 1.39. The Balaban J connectivity index is 2.20. The number of ether oxygens (including phenoxy) is 1. The Labute approximate surface area is 103 Å². The minimum Gasteiger partial charge on any atom is -0.423 e. The maximum Gasteiger partial charge on any atom is 0.343 e. The molecule has 2 aromatic rings. The predicted octanol–water partition coefficient (Wildman–Crippen LogP) is 2.92. The summed E-state index contributed by atoms with van der Waals surface area (Å²) in [6.07, 6.45) is 0. The van der Waals surface area contributed by atoms with Crippen LogP contribution >= 0.6 is 0 Å². The third-order valence-corrected chi connectivity index (χ3v) is 2.28. The van der Waals surface area contributed by atoms with Gasteiger partial charge in [0.15, 0.2) is 0 Å². The molecule has 0 aliphatic heterocycles. The second-order valence-corrected chi connectivity index (χ2v) is 3.51. The van der Waals surface area contributed by atoms with Gasteiger partial charge in [0.2, 0.25) is 0 Å². The molecule has 0 atom stereocenters. The van der Waals surface area contributed by atoms with Crippen LogP contribution in [0.25, 0.3) is 0 Å². The Morgan fingerprint density at radius 2 is 1.89 bits per heavy atom. The molecule has 0 heterocycles. The zero-order valence-electron chi connectivity index (χ0n) is 9.26. The van der Waals surface area contributed by atoms with E-state index in [9.17, 15) is 9.18 Å². The van der Waals surface area contributed by atoms with Gasteiger partial charge < -0.3 is 4.74 Å². The van der Waals surface area contributed by atoms with E-state index in [-0.39, 0.29) is 11.3 Å². The molecule has 0 radical (unpaired) electrons. The Hall–Kier alpha value is -2.67. The Bertz CT molecular complexity index is 617. The number of carbonyl (C=O) groups excluding carboxylic acids is 1. The molecule has 4 heteroatoms. The summed E-state index contributed by atoms with van der Waals surface area (Å²) < 4.78 is 18.1. The van der Waals surface area contributed by atoms with E-state index in [1.807, 2.05) is 0 Å². The van der Waals surface area contributed by atoms with Crippen molar-refractivity contribution in [2.45, 2.75) is 0 Å². The van der Waals surface area contributed by atoms with Crippen molar-refractivity contribution in [3.63, 3.8) is 0 Å². The van der Waals surface area contributed by atoms with E-state index in [1.54, 1.807) is 36.4 Å². The van der Waals surface area contributed by atoms with Crippen LogP contribution in [-0.2, 0) is 0 Å². The van der Waals surface area contributed by atoms with E-state index in [1.165, 1.54) is 12.1 Å². The molecule has 0 N–H and O–H groups in total. The van der Waals surface area contributed by atoms with E-state index in [0.29, 0.717) is 5.56 Å². The SMILES string of the molecule is N#Cc1cc(OC(=O)c2ccccc2)ccc1F. The second-order valence-electron chi connectivity index (χ2n) is 3.51. The minimum atomic E-state index is -0.642. The van der Waals surface area contributed by atoms with Crippen LogP contribution in [0.3, 0.4) is 0 Å². The molecular weight excluding hydrogens is 233 g/mol. The molecule has 0 saturated carbocycles. The Morgan fingerprint density at radius 3 is 2.56 bits per heavy atom. The molecule has 0 saturated heterocycles. The molecule has 3 nitrogen and oxygen atoms in total. The fourth-order valence-electron chi connectivity index (χ4n) is 1.39. The maximum atomic E-state index is 13.1. The monoisotopic (exact) mass is 241 g/mol. The van der Waals surface area contributed by atoms with Crippen molar-refractivity contribution in [3.05, 3.63) is 65.5 Å². The summed E-state index contributed by atoms with van der Waals surface area (Å²) >= 11 is 0. The lowest BCUT2D eigenvalue weighted by Crippen LogP contribution is -2.08. The second kappa shape index (κ2) is 5.11. The number of carbonyl (C=O) groups is 1. The van der Waals surface area contributed by atoms with E-state index < -0.39 is 11.8 Å². The highest BCUT2D eigenvalue weighted by molar-refractivity contribution is 5.90. The molecule has 0 unspecified atom stereocenters. The van der Waals surface area contributed by atoms with Crippen LogP contribution in [0.2, 0.25) is 0 Å². The molecule has 88 valence electrons. The number of rotatable bonds is 2. The van der Waals surface area contributed by atoms with Crippen LogP contribution in [0.5, 0.6) is 5.75 Å². The lowest BCUT2D eigenvalue weighted by molar-refractivity contribution is 0.0734. The number of esters is 1. The molecule has 2 rings (SSSR count). The number of hydrogen-bond acceptors (Lipinski definition) is 3. The van der Waals surface area contributed by atoms with E-state index in [4.69, 9.17) is 10.00 Å². The topological polar surface area (TPSA) is 50.1 Å². The average molecular weight is 241 g/mol. The predicted molar refractivity (Wildman–Crippen MR) is 62.5 cm³/mol. The largest absolute Gasteiger partial charge is 0.423 e. The number of nitriles is 1. The fraction of sp³-hybridized carbons (Fsp3) is 0. The van der Waals surface area contributed by atoms with Crippen LogP contribution in [0.4, 0.5) is 4.39 Å². The number of halogens is 1. The summed E-state index contributed by atoms with van der Waals surface area (Å²) in [6.45, 7) is 0. The van der Waals surface area contributed by atoms with Gasteiger partial charge in [0, 0.05) is 6.07 Å². The minimum absolute atomic E-state index is 0.141. The normalized spacial score (nSPS) is 9.56. The first-order valence-corrected chi connectivity index (χ1v) is 5.17. The molecule has 0 fully saturated rings. The van der Waals surface area contributed by atoms with Crippen molar-refractivity contribution in [1.82, 2.24) is 0 Å². The van der Waals surface area contributed by atoms with Gasteiger partial charge in [0.1, 0.15) is 17.6 Å². The summed E-state index contributed by atoms with van der Waals surface area (Å²) in [4.78, 5) is 11.7. The Morgan fingerprint density at radius 1 is 1.17 bits per heavy atom. The Kier molecular flexibility index (Phi) is 3.35. The van der Waals surface area contributed by atoms with Crippen molar-refractivity contribution >= 4 is 5.97 Å². The van der Waals surface area contributed by atoms with Gasteiger partial charge >= 0.3 is 5.97 Å². The third kappa shape index (κ3) is 2.53. The molecule has 0 bridgehead atoms. The van der Waals surface area contributed by atoms with Crippen molar-refractivity contribution < 1.29 is 13.9 Å². The van der Waals surface area contributed by atoms with Crippen molar-refractivity contribution in [1.29, 1.82) is 5.26 Å². The summed E-state index contributed by atoms with van der Waals surface area (Å²) in [5, 5.41) is 8.66. The van der Waals surface area contributed by atoms with Crippen LogP contribution in [0.1, 0.15) is 15.9 Å². The first-order valence-electron chi connectivity index (χ1n) is 5.17. The van der Waals surface area contributed by atoms with Crippen LogP contribution in [-0.4, -0.2) is 5.97 Å². The van der Waals surface area contributed by atoms with Crippen molar-refractivity contribution in [3.8, 4) is 11.8 Å². The van der Waals surface area contributed by atoms with Crippen molar-refractivity contribution in [2.75, 3.05) is 0 Å². The molecule has 0 amide bonds. The highest BCUT2D eigenvalue weighted by Crippen LogP contribution is 2.17. The highest BCUT2D eigenvalue weighted by Gasteiger charge is 2.09. The van der Waals surface area contributed by atoms with E-state index in [2.05, 4.69) is 0 Å². The molecule has 0 aromatic heterocycles. The molecule has 0 aliphatic rings. The number of benzene rings is 2. The van der Waals surface area contributed by atoms with Gasteiger partial charge in [-0.15, -0.1) is 0 Å². The summed E-state index contributed by atoms with van der Waals surface area (Å²) in [6, 6.07) is 13.7. The first-order chi connectivity index (χ1) is 8.70. The van der Waals surface area contributed by atoms with Gasteiger partial charge in [0.25, 0.3) is 0 Å². The summed E-state index contributed by atoms with van der Waals surface area (Å²) in [7, 11) is 0. The average Bonchev–Trinajstić information content (AvgIpc) is 2.42. The third-order valence-electron chi connectivity index (χ3n) is 2.28. The van der Waals surface area contributed by atoms with Crippen molar-refractivity contribution in [2.24, 2.45) is 0 Å². The van der Waals surface area contributed by atoms with Gasteiger partial charge in [-0.2, -0.15) is 5.26 Å². The van der Waals surface area contributed by atoms with Gasteiger partial charge in [0.05, 0.1) is 11.1 Å². The van der Waals surface area contributed by atoms with Crippen LogP contribution < -0.4 is 4.74 Å². The van der Waals surface area contributed by atoms with Gasteiger partial charge in [-0.1, -0.05) is 18.2 Å².